The van der Waals surface area contributed by atoms with Gasteiger partial charge in [0.2, 0.25) is 0 Å². The van der Waals surface area contributed by atoms with Gasteiger partial charge in [-0.05, 0) is 49.0 Å². The third kappa shape index (κ3) is 3.45. The van der Waals surface area contributed by atoms with Crippen LogP contribution in [0.4, 0.5) is 4.53 Å². The second-order valence-electron chi connectivity index (χ2n) is 5.96. The summed E-state index contributed by atoms with van der Waals surface area (Å²) in [5.41, 5.74) is 1.22. The summed E-state index contributed by atoms with van der Waals surface area (Å²) in [6.45, 7) is 2.37. The largest absolute Gasteiger partial charge is 0.496 e. The van der Waals surface area contributed by atoms with Crippen LogP contribution in [0.25, 0.3) is 10.8 Å². The molecule has 2 aromatic carbocycles. The van der Waals surface area contributed by atoms with Crippen LogP contribution in [0.1, 0.15) is 18.4 Å². The van der Waals surface area contributed by atoms with Crippen molar-refractivity contribution in [2.45, 2.75) is 19.4 Å². The van der Waals surface area contributed by atoms with E-state index in [2.05, 4.69) is 34.1 Å². The van der Waals surface area contributed by atoms with Crippen molar-refractivity contribution in [1.82, 2.24) is 4.90 Å². The maximum Gasteiger partial charge on any atom is 0.351 e. The Kier molecular flexibility index (Phi) is 4.76. The summed E-state index contributed by atoms with van der Waals surface area (Å²) in [6.07, 6.45) is 1.29. The Hall–Kier alpha value is -2.14. The van der Waals surface area contributed by atoms with Crippen molar-refractivity contribution < 1.29 is 19.0 Å². The number of methoxy groups -OCH3 is 1. The Morgan fingerprint density at radius 2 is 2.04 bits per heavy atom. The summed E-state index contributed by atoms with van der Waals surface area (Å²) in [6, 6.07) is 12.4. The maximum absolute atomic E-state index is 12.0. The van der Waals surface area contributed by atoms with Crippen LogP contribution in [-0.2, 0) is 16.3 Å². The lowest BCUT2D eigenvalue weighted by molar-refractivity contribution is -0.190. The van der Waals surface area contributed by atoms with Crippen LogP contribution in [-0.4, -0.2) is 31.1 Å². The fraction of sp³-hybridized carbons (Fsp3) is 0.389. The highest BCUT2D eigenvalue weighted by Gasteiger charge is 2.26. The van der Waals surface area contributed by atoms with Gasteiger partial charge < -0.3 is 4.74 Å². The topological polar surface area (TPSA) is 38.8 Å². The van der Waals surface area contributed by atoms with Crippen LogP contribution in [0, 0.1) is 5.92 Å². The Bertz CT molecular complexity index is 696. The Morgan fingerprint density at radius 1 is 1.26 bits per heavy atom. The lowest BCUT2D eigenvalue weighted by Gasteiger charge is -2.30. The van der Waals surface area contributed by atoms with Gasteiger partial charge in [-0.1, -0.05) is 24.3 Å². The van der Waals surface area contributed by atoms with Gasteiger partial charge in [-0.2, -0.15) is 0 Å². The minimum atomic E-state index is -0.734. The number of hydrogen-bond donors (Lipinski definition) is 0. The normalized spacial score (nSPS) is 16.4. The van der Waals surface area contributed by atoms with Gasteiger partial charge in [0, 0.05) is 16.5 Å². The first-order valence-corrected chi connectivity index (χ1v) is 7.81. The van der Waals surface area contributed by atoms with Gasteiger partial charge in [-0.15, -0.1) is 0 Å². The molecule has 0 bridgehead atoms. The van der Waals surface area contributed by atoms with Crippen molar-refractivity contribution in [2.75, 3.05) is 20.2 Å². The van der Waals surface area contributed by atoms with Crippen LogP contribution in [0.2, 0.25) is 0 Å². The molecule has 1 aliphatic rings. The molecule has 0 unspecified atom stereocenters. The number of hydrogen-bond acceptors (Lipinski definition) is 4. The molecule has 0 aromatic heterocycles. The lowest BCUT2D eigenvalue weighted by atomic mass is 9.96. The smallest absolute Gasteiger partial charge is 0.351 e. The zero-order valence-electron chi connectivity index (χ0n) is 13.1. The molecule has 122 valence electrons. The summed E-state index contributed by atoms with van der Waals surface area (Å²) in [7, 11) is 1.68. The SMILES string of the molecule is COc1cccc2cc(CN3CCC(C(=O)OF)CC3)ccc12. The van der Waals surface area contributed by atoms with Gasteiger partial charge in [0.25, 0.3) is 0 Å². The number of piperidine rings is 1. The Morgan fingerprint density at radius 3 is 2.74 bits per heavy atom. The molecule has 1 fully saturated rings. The third-order valence-electron chi connectivity index (χ3n) is 4.53. The van der Waals surface area contributed by atoms with E-state index in [0.717, 1.165) is 36.2 Å². The number of benzene rings is 2. The summed E-state index contributed by atoms with van der Waals surface area (Å²) in [4.78, 5) is 16.8. The van der Waals surface area contributed by atoms with Gasteiger partial charge in [0.1, 0.15) is 5.75 Å². The van der Waals surface area contributed by atoms with Crippen LogP contribution < -0.4 is 4.74 Å². The highest BCUT2D eigenvalue weighted by molar-refractivity contribution is 5.88. The molecule has 2 aromatic rings. The average Bonchev–Trinajstić information content (AvgIpc) is 2.61. The number of ether oxygens (including phenoxy) is 1. The first-order chi connectivity index (χ1) is 11.2. The number of carbonyl (C=O) groups is 1. The molecule has 23 heavy (non-hydrogen) atoms. The maximum atomic E-state index is 12.0. The van der Waals surface area contributed by atoms with Gasteiger partial charge in [-0.25, -0.2) is 4.79 Å². The minimum Gasteiger partial charge on any atom is -0.496 e. The zero-order chi connectivity index (χ0) is 16.2. The quantitative estimate of drug-likeness (QED) is 0.865. The Labute approximate surface area is 134 Å². The van der Waals surface area contributed by atoms with Crippen molar-refractivity contribution >= 4 is 16.7 Å². The Balaban J connectivity index is 1.67. The molecular weight excluding hydrogens is 297 g/mol. The molecule has 0 saturated carbocycles. The minimum absolute atomic E-state index is 0.308. The van der Waals surface area contributed by atoms with Gasteiger partial charge >= 0.3 is 5.97 Å². The standard InChI is InChI=1S/C18H20FNO3/c1-22-17-4-2-3-15-11-13(5-6-16(15)17)12-20-9-7-14(8-10-20)18(21)23-19/h2-6,11,14H,7-10,12H2,1H3. The second-order valence-corrected chi connectivity index (χ2v) is 5.96. The third-order valence-corrected chi connectivity index (χ3v) is 4.53. The van der Waals surface area contributed by atoms with E-state index in [0.29, 0.717) is 12.8 Å². The van der Waals surface area contributed by atoms with E-state index >= 15 is 0 Å². The predicted molar refractivity (Wildman–Crippen MR) is 85.7 cm³/mol. The van der Waals surface area contributed by atoms with E-state index in [-0.39, 0.29) is 5.92 Å². The number of fused-ring (bicyclic) bond motifs is 1. The fourth-order valence-corrected chi connectivity index (χ4v) is 3.23. The van der Waals surface area contributed by atoms with E-state index < -0.39 is 5.97 Å². The van der Waals surface area contributed by atoms with Crippen LogP contribution >= 0.6 is 0 Å². The predicted octanol–water partition coefficient (Wildman–Crippen LogP) is 3.49. The number of carbonyl (C=O) groups excluding carboxylic acids is 1. The average molecular weight is 317 g/mol. The summed E-state index contributed by atoms with van der Waals surface area (Å²) in [5, 5.41) is 2.25. The molecule has 0 atom stereocenters. The number of rotatable bonds is 4. The zero-order valence-corrected chi connectivity index (χ0v) is 13.1. The van der Waals surface area contributed by atoms with Crippen molar-refractivity contribution in [3.63, 3.8) is 0 Å². The number of likely N-dealkylation sites (tertiary alicyclic amines) is 1. The van der Waals surface area contributed by atoms with Crippen molar-refractivity contribution in [3.8, 4) is 5.75 Å². The molecule has 1 aliphatic heterocycles. The number of nitrogens with zero attached hydrogens (tertiary/aromatic N) is 1. The first-order valence-electron chi connectivity index (χ1n) is 7.81. The van der Waals surface area contributed by atoms with E-state index in [1.54, 1.807) is 7.11 Å². The van der Waals surface area contributed by atoms with Crippen molar-refractivity contribution in [1.29, 1.82) is 0 Å². The van der Waals surface area contributed by atoms with Crippen molar-refractivity contribution in [3.05, 3.63) is 42.0 Å². The molecule has 0 N–H and O–H groups in total. The monoisotopic (exact) mass is 317 g/mol. The fourth-order valence-electron chi connectivity index (χ4n) is 3.23. The molecule has 4 nitrogen and oxygen atoms in total. The molecule has 1 saturated heterocycles. The molecule has 0 amide bonds. The molecule has 0 radical (unpaired) electrons. The van der Waals surface area contributed by atoms with Gasteiger partial charge in [0.05, 0.1) is 13.0 Å². The van der Waals surface area contributed by atoms with E-state index in [1.165, 1.54) is 5.56 Å². The molecule has 0 aliphatic carbocycles. The summed E-state index contributed by atoms with van der Waals surface area (Å²) >= 11 is 0. The van der Waals surface area contributed by atoms with Crippen LogP contribution in [0.15, 0.2) is 36.4 Å². The lowest BCUT2D eigenvalue weighted by Crippen LogP contribution is -2.36. The summed E-state index contributed by atoms with van der Waals surface area (Å²) in [5.74, 6) is -0.167. The first kappa shape index (κ1) is 15.7. The van der Waals surface area contributed by atoms with E-state index in [4.69, 9.17) is 4.74 Å². The van der Waals surface area contributed by atoms with Crippen molar-refractivity contribution in [2.24, 2.45) is 5.92 Å². The molecule has 1 heterocycles. The van der Waals surface area contributed by atoms with Gasteiger partial charge in [-0.3, -0.25) is 9.84 Å². The van der Waals surface area contributed by atoms with Gasteiger partial charge in [0.15, 0.2) is 0 Å². The highest BCUT2D eigenvalue weighted by atomic mass is 19.3. The second kappa shape index (κ2) is 6.96. The molecule has 3 rings (SSSR count). The van der Waals surface area contributed by atoms with E-state index in [9.17, 15) is 9.32 Å². The molecule has 5 heteroatoms. The summed E-state index contributed by atoms with van der Waals surface area (Å²) < 4.78 is 17.3. The number of halogens is 1. The highest BCUT2D eigenvalue weighted by Crippen LogP contribution is 2.27. The molecular formula is C18H20FNO3. The van der Waals surface area contributed by atoms with Crippen LogP contribution in [0.3, 0.4) is 0 Å². The van der Waals surface area contributed by atoms with Crippen LogP contribution in [0.5, 0.6) is 5.75 Å². The molecule has 0 spiro atoms. The van der Waals surface area contributed by atoms with E-state index in [1.807, 2.05) is 12.1 Å².